The van der Waals surface area contributed by atoms with Crippen molar-refractivity contribution in [2.75, 3.05) is 0 Å². The van der Waals surface area contributed by atoms with E-state index in [4.69, 9.17) is 0 Å². The van der Waals surface area contributed by atoms with Crippen LogP contribution in [0.1, 0.15) is 38.1 Å². The van der Waals surface area contributed by atoms with Gasteiger partial charge < -0.3 is 4.90 Å². The first-order chi connectivity index (χ1) is 12.0. The second-order valence-corrected chi connectivity index (χ2v) is 6.68. The minimum absolute atomic E-state index is 0.0308. The molecule has 0 aliphatic rings. The van der Waals surface area contributed by atoms with Crippen LogP contribution in [0.5, 0.6) is 0 Å². The van der Waals surface area contributed by atoms with Gasteiger partial charge in [0.2, 0.25) is 0 Å². The van der Waals surface area contributed by atoms with Gasteiger partial charge in [-0.3, -0.25) is 14.8 Å². The standard InChI is InChI=1S/C21H23N3O/c1-14(2)24(15(3)4)21(25)17-9-6-5-8-16(17)20-18-10-7-12-22-19(18)11-13-23-20/h5-15H,1-4H3. The van der Waals surface area contributed by atoms with E-state index in [2.05, 4.69) is 9.97 Å². The molecule has 4 heteroatoms. The molecule has 0 bridgehead atoms. The van der Waals surface area contributed by atoms with Crippen LogP contribution >= 0.6 is 0 Å². The number of carbonyl (C=O) groups is 1. The van der Waals surface area contributed by atoms with Gasteiger partial charge in [-0.2, -0.15) is 0 Å². The SMILES string of the molecule is CC(C)N(C(=O)c1ccccc1-c1nccc2ncccc12)C(C)C. The van der Waals surface area contributed by atoms with Crippen molar-refractivity contribution in [3.05, 3.63) is 60.4 Å². The predicted octanol–water partition coefficient (Wildman–Crippen LogP) is 4.56. The molecule has 3 aromatic rings. The minimum atomic E-state index is 0.0308. The van der Waals surface area contributed by atoms with Gasteiger partial charge in [0, 0.05) is 41.0 Å². The van der Waals surface area contributed by atoms with Gasteiger partial charge in [-0.15, -0.1) is 0 Å². The first-order valence-electron chi connectivity index (χ1n) is 8.62. The number of fused-ring (bicyclic) bond motifs is 1. The third-order valence-corrected chi connectivity index (χ3v) is 4.29. The molecule has 128 valence electrons. The van der Waals surface area contributed by atoms with Crippen molar-refractivity contribution in [1.29, 1.82) is 0 Å². The van der Waals surface area contributed by atoms with Gasteiger partial charge in [0.25, 0.3) is 5.91 Å². The van der Waals surface area contributed by atoms with Gasteiger partial charge in [0.15, 0.2) is 0 Å². The van der Waals surface area contributed by atoms with E-state index < -0.39 is 0 Å². The molecule has 0 N–H and O–H groups in total. The van der Waals surface area contributed by atoms with Crippen LogP contribution in [-0.4, -0.2) is 32.9 Å². The topological polar surface area (TPSA) is 46.1 Å². The molecule has 0 fully saturated rings. The summed E-state index contributed by atoms with van der Waals surface area (Å²) in [7, 11) is 0. The van der Waals surface area contributed by atoms with Gasteiger partial charge in [0.05, 0.1) is 11.2 Å². The highest BCUT2D eigenvalue weighted by molar-refractivity contribution is 6.04. The molecule has 2 aromatic heterocycles. The van der Waals surface area contributed by atoms with Crippen LogP contribution in [0.4, 0.5) is 0 Å². The van der Waals surface area contributed by atoms with Crippen LogP contribution in [0.3, 0.4) is 0 Å². The molecule has 2 heterocycles. The lowest BCUT2D eigenvalue weighted by Crippen LogP contribution is -2.42. The van der Waals surface area contributed by atoms with Gasteiger partial charge >= 0.3 is 0 Å². The van der Waals surface area contributed by atoms with Crippen LogP contribution in [0.2, 0.25) is 0 Å². The van der Waals surface area contributed by atoms with Crippen LogP contribution < -0.4 is 0 Å². The molecule has 0 saturated heterocycles. The Morgan fingerprint density at radius 3 is 2.32 bits per heavy atom. The number of aromatic nitrogens is 2. The molecular weight excluding hydrogens is 310 g/mol. The normalized spacial score (nSPS) is 11.3. The first kappa shape index (κ1) is 17.1. The summed E-state index contributed by atoms with van der Waals surface area (Å²) in [5.74, 6) is 0.0308. The fourth-order valence-electron chi connectivity index (χ4n) is 3.30. The number of rotatable bonds is 4. The van der Waals surface area contributed by atoms with E-state index in [1.165, 1.54) is 0 Å². The van der Waals surface area contributed by atoms with Crippen molar-refractivity contribution in [1.82, 2.24) is 14.9 Å². The largest absolute Gasteiger partial charge is 0.334 e. The molecule has 0 aliphatic carbocycles. The smallest absolute Gasteiger partial charge is 0.255 e. The Labute approximate surface area is 148 Å². The fourth-order valence-corrected chi connectivity index (χ4v) is 3.30. The average Bonchev–Trinajstić information content (AvgIpc) is 2.60. The number of benzene rings is 1. The molecule has 0 radical (unpaired) electrons. The summed E-state index contributed by atoms with van der Waals surface area (Å²) in [6.45, 7) is 8.17. The fraction of sp³-hybridized carbons (Fsp3) is 0.286. The van der Waals surface area contributed by atoms with Crippen molar-refractivity contribution in [2.45, 2.75) is 39.8 Å². The van der Waals surface area contributed by atoms with E-state index >= 15 is 0 Å². The zero-order valence-electron chi connectivity index (χ0n) is 15.1. The maximum Gasteiger partial charge on any atom is 0.255 e. The highest BCUT2D eigenvalue weighted by atomic mass is 16.2. The summed E-state index contributed by atoms with van der Waals surface area (Å²) in [5.41, 5.74) is 3.19. The highest BCUT2D eigenvalue weighted by Gasteiger charge is 2.24. The number of carbonyl (C=O) groups excluding carboxylic acids is 1. The quantitative estimate of drug-likeness (QED) is 0.703. The Kier molecular flexibility index (Phi) is 4.79. The van der Waals surface area contributed by atoms with Crippen LogP contribution in [0.15, 0.2) is 54.9 Å². The van der Waals surface area contributed by atoms with E-state index in [0.29, 0.717) is 5.56 Å². The molecule has 0 atom stereocenters. The van der Waals surface area contributed by atoms with Gasteiger partial charge in [-0.1, -0.05) is 18.2 Å². The van der Waals surface area contributed by atoms with E-state index in [9.17, 15) is 4.79 Å². The zero-order valence-corrected chi connectivity index (χ0v) is 15.1. The Hall–Kier alpha value is -2.75. The lowest BCUT2D eigenvalue weighted by Gasteiger charge is -2.31. The molecule has 1 amide bonds. The maximum absolute atomic E-state index is 13.2. The van der Waals surface area contributed by atoms with Crippen molar-refractivity contribution in [3.63, 3.8) is 0 Å². The lowest BCUT2D eigenvalue weighted by atomic mass is 9.99. The predicted molar refractivity (Wildman–Crippen MR) is 101 cm³/mol. The number of hydrogen-bond acceptors (Lipinski definition) is 3. The maximum atomic E-state index is 13.2. The molecule has 0 spiro atoms. The van der Waals surface area contributed by atoms with Crippen LogP contribution in [-0.2, 0) is 0 Å². The Morgan fingerprint density at radius 1 is 0.880 bits per heavy atom. The van der Waals surface area contributed by atoms with E-state index in [1.807, 2.05) is 75.1 Å². The minimum Gasteiger partial charge on any atom is -0.334 e. The first-order valence-corrected chi connectivity index (χ1v) is 8.62. The molecule has 0 unspecified atom stereocenters. The van der Waals surface area contributed by atoms with Crippen LogP contribution in [0.25, 0.3) is 22.2 Å². The molecule has 3 rings (SSSR count). The molecule has 4 nitrogen and oxygen atoms in total. The summed E-state index contributed by atoms with van der Waals surface area (Å²) in [4.78, 5) is 24.1. The zero-order chi connectivity index (χ0) is 18.0. The van der Waals surface area contributed by atoms with Crippen molar-refractivity contribution < 1.29 is 4.79 Å². The summed E-state index contributed by atoms with van der Waals surface area (Å²) in [5, 5.41) is 0.950. The van der Waals surface area contributed by atoms with Gasteiger partial charge in [-0.25, -0.2) is 0 Å². The van der Waals surface area contributed by atoms with Crippen molar-refractivity contribution >= 4 is 16.8 Å². The molecule has 0 aliphatic heterocycles. The number of amides is 1. The molecule has 0 saturated carbocycles. The van der Waals surface area contributed by atoms with Crippen molar-refractivity contribution in [2.24, 2.45) is 0 Å². The second-order valence-electron chi connectivity index (χ2n) is 6.68. The molecule has 25 heavy (non-hydrogen) atoms. The third-order valence-electron chi connectivity index (χ3n) is 4.29. The van der Waals surface area contributed by atoms with Gasteiger partial charge in [0.1, 0.15) is 0 Å². The van der Waals surface area contributed by atoms with Gasteiger partial charge in [-0.05, 0) is 52.0 Å². The summed E-state index contributed by atoms with van der Waals surface area (Å²) in [6, 6.07) is 13.7. The number of pyridine rings is 2. The lowest BCUT2D eigenvalue weighted by molar-refractivity contribution is 0.0644. The number of nitrogens with zero attached hydrogens (tertiary/aromatic N) is 3. The summed E-state index contributed by atoms with van der Waals surface area (Å²) in [6.07, 6.45) is 3.51. The second kappa shape index (κ2) is 7.01. The third kappa shape index (κ3) is 3.25. The van der Waals surface area contributed by atoms with E-state index in [1.54, 1.807) is 12.4 Å². The highest BCUT2D eigenvalue weighted by Crippen LogP contribution is 2.29. The summed E-state index contributed by atoms with van der Waals surface area (Å²) < 4.78 is 0. The molecule has 1 aromatic carbocycles. The Bertz CT molecular complexity index is 889. The number of hydrogen-bond donors (Lipinski definition) is 0. The average molecular weight is 333 g/mol. The van der Waals surface area contributed by atoms with Crippen molar-refractivity contribution in [3.8, 4) is 11.3 Å². The summed E-state index contributed by atoms with van der Waals surface area (Å²) >= 11 is 0. The molecular formula is C21H23N3O. The van der Waals surface area contributed by atoms with Crippen LogP contribution in [0, 0.1) is 0 Å². The monoisotopic (exact) mass is 333 g/mol. The Balaban J connectivity index is 2.18. The van der Waals surface area contributed by atoms with E-state index in [0.717, 1.165) is 22.2 Å². The van der Waals surface area contributed by atoms with E-state index in [-0.39, 0.29) is 18.0 Å². The Morgan fingerprint density at radius 2 is 1.60 bits per heavy atom.